The number of rotatable bonds is 4. The molecule has 0 bridgehead atoms. The third-order valence-electron chi connectivity index (χ3n) is 2.73. The molecule has 0 atom stereocenters. The maximum Gasteiger partial charge on any atom is 0.244 e. The van der Waals surface area contributed by atoms with Crippen molar-refractivity contribution in [2.45, 2.75) is 13.1 Å². The molecule has 0 aliphatic carbocycles. The lowest BCUT2D eigenvalue weighted by Gasteiger charge is -2.17. The fourth-order valence-electron chi connectivity index (χ4n) is 1.79. The van der Waals surface area contributed by atoms with Gasteiger partial charge in [-0.3, -0.25) is 9.48 Å². The number of hydrogen-bond acceptors (Lipinski definition) is 3. The molecule has 7 heteroatoms. The number of likely N-dealkylation sites (N-methyl/N-ethyl adjacent to an activating group) is 1. The smallest absolute Gasteiger partial charge is 0.244 e. The van der Waals surface area contributed by atoms with Gasteiger partial charge >= 0.3 is 0 Å². The zero-order valence-electron chi connectivity index (χ0n) is 10.9. The molecule has 2 rings (SSSR count). The second-order valence-corrected chi connectivity index (χ2v) is 5.34. The van der Waals surface area contributed by atoms with Crippen LogP contribution in [0.1, 0.15) is 5.56 Å². The highest BCUT2D eigenvalue weighted by Crippen LogP contribution is 2.20. The number of benzene rings is 1. The molecule has 0 saturated heterocycles. The maximum absolute atomic E-state index is 12.1. The molecule has 106 valence electrons. The van der Waals surface area contributed by atoms with E-state index in [9.17, 15) is 4.79 Å². The Morgan fingerprint density at radius 1 is 1.35 bits per heavy atom. The summed E-state index contributed by atoms with van der Waals surface area (Å²) in [6.45, 7) is 0.567. The third-order valence-corrected chi connectivity index (χ3v) is 3.16. The van der Waals surface area contributed by atoms with Gasteiger partial charge in [0.05, 0.1) is 0 Å². The second kappa shape index (κ2) is 6.15. The Balaban J connectivity index is 2.00. The molecule has 0 spiro atoms. The number of hydrogen-bond donors (Lipinski definition) is 1. The Morgan fingerprint density at radius 3 is 2.55 bits per heavy atom. The van der Waals surface area contributed by atoms with E-state index in [0.717, 1.165) is 5.56 Å². The molecule has 0 aliphatic heterocycles. The minimum absolute atomic E-state index is 0.0794. The molecule has 2 aromatic rings. The van der Waals surface area contributed by atoms with Crippen LogP contribution >= 0.6 is 23.2 Å². The number of halogens is 2. The van der Waals surface area contributed by atoms with Crippen molar-refractivity contribution in [3.8, 4) is 0 Å². The van der Waals surface area contributed by atoms with E-state index < -0.39 is 0 Å². The maximum atomic E-state index is 12.1. The van der Waals surface area contributed by atoms with Crippen LogP contribution < -0.4 is 5.73 Å². The molecule has 1 heterocycles. The standard InChI is InChI=1S/C13H14Cl2N4O/c1-18(7-9-4-10(14)6-11(15)5-9)13(20)8-19-3-2-12(16)17-19/h2-6H,7-8H2,1H3,(H2,16,17). The Morgan fingerprint density at radius 2 is 2.00 bits per heavy atom. The quantitative estimate of drug-likeness (QED) is 0.943. The highest BCUT2D eigenvalue weighted by atomic mass is 35.5. The van der Waals surface area contributed by atoms with Crippen LogP contribution in [0.15, 0.2) is 30.5 Å². The van der Waals surface area contributed by atoms with Crippen LogP contribution in [0.25, 0.3) is 0 Å². The van der Waals surface area contributed by atoms with Crippen LogP contribution in [0.4, 0.5) is 5.82 Å². The van der Waals surface area contributed by atoms with E-state index in [2.05, 4.69) is 5.10 Å². The monoisotopic (exact) mass is 312 g/mol. The summed E-state index contributed by atoms with van der Waals surface area (Å²) in [5.74, 6) is 0.311. The lowest BCUT2D eigenvalue weighted by Crippen LogP contribution is -2.30. The fourth-order valence-corrected chi connectivity index (χ4v) is 2.36. The minimum atomic E-state index is -0.0794. The predicted molar refractivity (Wildman–Crippen MR) is 79.6 cm³/mol. The summed E-state index contributed by atoms with van der Waals surface area (Å²) in [4.78, 5) is 13.6. The van der Waals surface area contributed by atoms with E-state index in [4.69, 9.17) is 28.9 Å². The topological polar surface area (TPSA) is 64.2 Å². The number of nitrogens with zero attached hydrogens (tertiary/aromatic N) is 3. The highest BCUT2D eigenvalue weighted by Gasteiger charge is 2.11. The largest absolute Gasteiger partial charge is 0.382 e. The van der Waals surface area contributed by atoms with Gasteiger partial charge in [0.2, 0.25) is 5.91 Å². The first-order valence-corrected chi connectivity index (χ1v) is 6.67. The number of aromatic nitrogens is 2. The summed E-state index contributed by atoms with van der Waals surface area (Å²) in [5.41, 5.74) is 6.37. The molecule has 0 saturated carbocycles. The van der Waals surface area contributed by atoms with Crippen LogP contribution in [0.3, 0.4) is 0 Å². The molecule has 20 heavy (non-hydrogen) atoms. The van der Waals surface area contributed by atoms with Gasteiger partial charge in [-0.2, -0.15) is 5.10 Å². The molecular weight excluding hydrogens is 299 g/mol. The zero-order valence-corrected chi connectivity index (χ0v) is 12.4. The molecule has 1 aromatic carbocycles. The average Bonchev–Trinajstić information content (AvgIpc) is 2.73. The molecule has 1 amide bonds. The zero-order chi connectivity index (χ0) is 14.7. The van der Waals surface area contributed by atoms with Crippen LogP contribution in [0.5, 0.6) is 0 Å². The Bertz CT molecular complexity index is 606. The summed E-state index contributed by atoms with van der Waals surface area (Å²) in [6.07, 6.45) is 1.66. The van der Waals surface area contributed by atoms with E-state index in [-0.39, 0.29) is 12.5 Å². The van der Waals surface area contributed by atoms with Gasteiger partial charge in [0.15, 0.2) is 0 Å². The number of carbonyl (C=O) groups is 1. The van der Waals surface area contributed by atoms with Crippen molar-refractivity contribution in [3.63, 3.8) is 0 Å². The molecule has 0 fully saturated rings. The van der Waals surface area contributed by atoms with Gasteiger partial charge in [-0.1, -0.05) is 23.2 Å². The molecule has 0 radical (unpaired) electrons. The normalized spacial score (nSPS) is 10.6. The average molecular weight is 313 g/mol. The van der Waals surface area contributed by atoms with E-state index >= 15 is 0 Å². The van der Waals surface area contributed by atoms with Gasteiger partial charge in [-0.25, -0.2) is 0 Å². The summed E-state index contributed by atoms with van der Waals surface area (Å²) in [7, 11) is 1.71. The molecule has 1 aromatic heterocycles. The molecule has 0 unspecified atom stereocenters. The van der Waals surface area contributed by atoms with Crippen LogP contribution in [0.2, 0.25) is 10.0 Å². The van der Waals surface area contributed by atoms with Crippen molar-refractivity contribution >= 4 is 34.9 Å². The van der Waals surface area contributed by atoms with Crippen molar-refractivity contribution in [2.24, 2.45) is 0 Å². The molecule has 0 aliphatic rings. The minimum Gasteiger partial charge on any atom is -0.382 e. The van der Waals surface area contributed by atoms with E-state index in [1.807, 2.05) is 0 Å². The highest BCUT2D eigenvalue weighted by molar-refractivity contribution is 6.34. The summed E-state index contributed by atoms with van der Waals surface area (Å²) >= 11 is 11.9. The molecule has 5 nitrogen and oxygen atoms in total. The Kier molecular flexibility index (Phi) is 4.52. The lowest BCUT2D eigenvalue weighted by molar-refractivity contribution is -0.131. The number of amides is 1. The first-order valence-electron chi connectivity index (χ1n) is 5.92. The lowest BCUT2D eigenvalue weighted by atomic mass is 10.2. The third kappa shape index (κ3) is 3.88. The predicted octanol–water partition coefficient (Wildman–Crippen LogP) is 2.43. The number of nitrogen functional groups attached to an aromatic ring is 1. The number of nitrogens with two attached hydrogens (primary N) is 1. The van der Waals surface area contributed by atoms with Gasteiger partial charge in [0, 0.05) is 29.8 Å². The summed E-state index contributed by atoms with van der Waals surface area (Å²) in [6, 6.07) is 6.86. The molecule has 2 N–H and O–H groups in total. The van der Waals surface area contributed by atoms with E-state index in [1.165, 1.54) is 4.68 Å². The van der Waals surface area contributed by atoms with Gasteiger partial charge in [0.25, 0.3) is 0 Å². The van der Waals surface area contributed by atoms with Gasteiger partial charge in [-0.15, -0.1) is 0 Å². The first kappa shape index (κ1) is 14.7. The Hall–Kier alpha value is -1.72. The van der Waals surface area contributed by atoms with Gasteiger partial charge in [-0.05, 0) is 29.8 Å². The fraction of sp³-hybridized carbons (Fsp3) is 0.231. The van der Waals surface area contributed by atoms with Gasteiger partial charge < -0.3 is 10.6 Å². The van der Waals surface area contributed by atoms with Crippen molar-refractivity contribution < 1.29 is 4.79 Å². The number of carbonyl (C=O) groups excluding carboxylic acids is 1. The van der Waals surface area contributed by atoms with Gasteiger partial charge in [0.1, 0.15) is 12.4 Å². The van der Waals surface area contributed by atoms with Crippen molar-refractivity contribution in [2.75, 3.05) is 12.8 Å². The van der Waals surface area contributed by atoms with Crippen LogP contribution in [0, 0.1) is 0 Å². The Labute approximate surface area is 126 Å². The summed E-state index contributed by atoms with van der Waals surface area (Å²) < 4.78 is 1.50. The SMILES string of the molecule is CN(Cc1cc(Cl)cc(Cl)c1)C(=O)Cn1ccc(N)n1. The first-order chi connectivity index (χ1) is 9.44. The van der Waals surface area contributed by atoms with Crippen molar-refractivity contribution in [3.05, 3.63) is 46.1 Å². The van der Waals surface area contributed by atoms with E-state index in [0.29, 0.717) is 22.4 Å². The second-order valence-electron chi connectivity index (χ2n) is 4.47. The summed E-state index contributed by atoms with van der Waals surface area (Å²) in [5, 5.41) is 5.07. The molecular formula is C13H14Cl2N4O. The van der Waals surface area contributed by atoms with Crippen LogP contribution in [-0.4, -0.2) is 27.6 Å². The van der Waals surface area contributed by atoms with Crippen molar-refractivity contribution in [1.29, 1.82) is 0 Å². The number of anilines is 1. The van der Waals surface area contributed by atoms with Crippen molar-refractivity contribution in [1.82, 2.24) is 14.7 Å². The van der Waals surface area contributed by atoms with Crippen LogP contribution in [-0.2, 0) is 17.9 Å². The van der Waals surface area contributed by atoms with E-state index in [1.54, 1.807) is 42.4 Å².